The highest BCUT2D eigenvalue weighted by molar-refractivity contribution is 5.87. The molecular weight excluding hydrogens is 285 g/mol. The van der Waals surface area contributed by atoms with Crippen LogP contribution in [0.2, 0.25) is 0 Å². The van der Waals surface area contributed by atoms with Crippen LogP contribution in [0.1, 0.15) is 30.2 Å². The third-order valence-corrected chi connectivity index (χ3v) is 2.83. The molecule has 112 valence electrons. The summed E-state index contributed by atoms with van der Waals surface area (Å²) >= 11 is 0. The number of hydrogen-bond donors (Lipinski definition) is 0. The first kappa shape index (κ1) is 15.1. The summed E-state index contributed by atoms with van der Waals surface area (Å²) in [6.07, 6.45) is 2.07. The topological polar surface area (TPSA) is 44.1 Å². The summed E-state index contributed by atoms with van der Waals surface area (Å²) < 4.78 is 43.9. The predicted octanol–water partition coefficient (Wildman–Crippen LogP) is 3.68. The Bertz CT molecular complexity index is 654. The van der Waals surface area contributed by atoms with E-state index in [1.807, 2.05) is 13.8 Å². The van der Waals surface area contributed by atoms with Gasteiger partial charge in [0.2, 0.25) is 0 Å². The van der Waals surface area contributed by atoms with Crippen molar-refractivity contribution in [3.05, 3.63) is 35.8 Å². The number of nitrogens with zero attached hydrogens (tertiary/aromatic N) is 2. The Balaban J connectivity index is 2.57. The maximum atomic E-state index is 13.2. The fourth-order valence-corrected chi connectivity index (χ4v) is 1.85. The van der Waals surface area contributed by atoms with Gasteiger partial charge in [-0.2, -0.15) is 13.9 Å². The summed E-state index contributed by atoms with van der Waals surface area (Å²) in [7, 11) is 0. The zero-order chi connectivity index (χ0) is 15.6. The fraction of sp³-hybridized carbons (Fsp3) is 0.286. The number of benzene rings is 1. The lowest BCUT2D eigenvalue weighted by atomic mass is 10.1. The highest BCUT2D eigenvalue weighted by Gasteiger charge is 2.19. The molecule has 2 rings (SSSR count). The van der Waals surface area contributed by atoms with E-state index >= 15 is 0 Å². The quantitative estimate of drug-likeness (QED) is 0.791. The van der Waals surface area contributed by atoms with Crippen LogP contribution < -0.4 is 4.74 Å². The van der Waals surface area contributed by atoms with Gasteiger partial charge in [0.1, 0.15) is 17.3 Å². The van der Waals surface area contributed by atoms with Gasteiger partial charge in [0.05, 0.1) is 5.56 Å². The number of aldehydes is 1. The highest BCUT2D eigenvalue weighted by Crippen LogP contribution is 2.33. The van der Waals surface area contributed by atoms with Crippen LogP contribution in [0.5, 0.6) is 5.75 Å². The highest BCUT2D eigenvalue weighted by atomic mass is 19.3. The third-order valence-electron chi connectivity index (χ3n) is 2.83. The second-order valence-electron chi connectivity index (χ2n) is 4.64. The van der Waals surface area contributed by atoms with Crippen LogP contribution in [0.25, 0.3) is 11.3 Å². The van der Waals surface area contributed by atoms with Crippen LogP contribution in [-0.2, 0) is 0 Å². The Morgan fingerprint density at radius 2 is 2.05 bits per heavy atom. The summed E-state index contributed by atoms with van der Waals surface area (Å²) in [4.78, 5) is 11.1. The lowest BCUT2D eigenvalue weighted by Gasteiger charge is -2.10. The number of rotatable bonds is 5. The molecule has 0 bridgehead atoms. The smallest absolute Gasteiger partial charge is 0.387 e. The lowest BCUT2D eigenvalue weighted by molar-refractivity contribution is -0.0496. The van der Waals surface area contributed by atoms with E-state index in [2.05, 4.69) is 9.84 Å². The van der Waals surface area contributed by atoms with Gasteiger partial charge < -0.3 is 4.74 Å². The second kappa shape index (κ2) is 5.99. The number of hydrogen-bond acceptors (Lipinski definition) is 3. The second-order valence-corrected chi connectivity index (χ2v) is 4.64. The fourth-order valence-electron chi connectivity index (χ4n) is 1.85. The van der Waals surface area contributed by atoms with E-state index in [1.54, 1.807) is 0 Å². The molecule has 0 aliphatic rings. The average molecular weight is 298 g/mol. The predicted molar refractivity (Wildman–Crippen MR) is 70.0 cm³/mol. The summed E-state index contributed by atoms with van der Waals surface area (Å²) in [6.45, 7) is 0.608. The number of alkyl halides is 2. The van der Waals surface area contributed by atoms with Crippen LogP contribution in [0.4, 0.5) is 13.2 Å². The van der Waals surface area contributed by atoms with E-state index in [-0.39, 0.29) is 28.6 Å². The molecule has 7 heteroatoms. The SMILES string of the molecule is CC(C)n1cc(C=O)c(-c2ccc(F)cc2OC(F)F)n1. The van der Waals surface area contributed by atoms with E-state index in [0.717, 1.165) is 12.1 Å². The van der Waals surface area contributed by atoms with Crippen molar-refractivity contribution >= 4 is 6.29 Å². The molecule has 0 fully saturated rings. The Morgan fingerprint density at radius 1 is 1.33 bits per heavy atom. The number of carbonyl (C=O) groups is 1. The van der Waals surface area contributed by atoms with Crippen molar-refractivity contribution in [1.29, 1.82) is 0 Å². The molecule has 0 atom stereocenters. The van der Waals surface area contributed by atoms with Gasteiger partial charge in [0.15, 0.2) is 6.29 Å². The number of ether oxygens (including phenoxy) is 1. The van der Waals surface area contributed by atoms with Crippen LogP contribution in [0.3, 0.4) is 0 Å². The van der Waals surface area contributed by atoms with Crippen molar-refractivity contribution in [2.45, 2.75) is 26.5 Å². The van der Waals surface area contributed by atoms with Crippen molar-refractivity contribution in [3.63, 3.8) is 0 Å². The minimum atomic E-state index is -3.10. The van der Waals surface area contributed by atoms with E-state index in [1.165, 1.54) is 16.9 Å². The van der Waals surface area contributed by atoms with Gasteiger partial charge in [-0.25, -0.2) is 4.39 Å². The molecule has 0 unspecified atom stereocenters. The van der Waals surface area contributed by atoms with Crippen molar-refractivity contribution in [1.82, 2.24) is 9.78 Å². The zero-order valence-electron chi connectivity index (χ0n) is 11.4. The monoisotopic (exact) mass is 298 g/mol. The molecule has 1 aromatic carbocycles. The van der Waals surface area contributed by atoms with Crippen molar-refractivity contribution in [2.75, 3.05) is 0 Å². The molecule has 0 amide bonds. The minimum absolute atomic E-state index is 0.0163. The van der Waals surface area contributed by atoms with Crippen molar-refractivity contribution in [3.8, 4) is 17.0 Å². The standard InChI is InChI=1S/C14H13F3N2O2/c1-8(2)19-6-9(7-20)13(18-19)11-4-3-10(15)5-12(11)21-14(16)17/h3-8,14H,1-2H3. The molecule has 0 N–H and O–H groups in total. The van der Waals surface area contributed by atoms with E-state index in [0.29, 0.717) is 6.29 Å². The lowest BCUT2D eigenvalue weighted by Crippen LogP contribution is -2.04. The third kappa shape index (κ3) is 3.24. The number of aromatic nitrogens is 2. The normalized spacial score (nSPS) is 11.2. The average Bonchev–Trinajstić information content (AvgIpc) is 2.82. The largest absolute Gasteiger partial charge is 0.434 e. The van der Waals surface area contributed by atoms with Crippen LogP contribution in [0, 0.1) is 5.82 Å². The Kier molecular flexibility index (Phi) is 4.30. The van der Waals surface area contributed by atoms with Gasteiger partial charge >= 0.3 is 6.61 Å². The molecule has 0 spiro atoms. The van der Waals surface area contributed by atoms with Gasteiger partial charge in [-0.05, 0) is 26.0 Å². The van der Waals surface area contributed by atoms with Crippen LogP contribution >= 0.6 is 0 Å². The van der Waals surface area contributed by atoms with Gasteiger partial charge in [-0.1, -0.05) is 0 Å². The first-order valence-corrected chi connectivity index (χ1v) is 6.21. The number of halogens is 3. The first-order chi connectivity index (χ1) is 9.92. The molecule has 0 aliphatic carbocycles. The maximum Gasteiger partial charge on any atom is 0.387 e. The Labute approximate surface area is 119 Å². The Morgan fingerprint density at radius 3 is 2.62 bits per heavy atom. The summed E-state index contributed by atoms with van der Waals surface area (Å²) in [6, 6.07) is 3.17. The Hall–Kier alpha value is -2.31. The van der Waals surface area contributed by atoms with Gasteiger partial charge in [-0.3, -0.25) is 9.48 Å². The van der Waals surface area contributed by atoms with E-state index < -0.39 is 12.4 Å². The maximum absolute atomic E-state index is 13.2. The molecule has 2 aromatic rings. The summed E-state index contributed by atoms with van der Waals surface area (Å²) in [5.74, 6) is -1.08. The van der Waals surface area contributed by atoms with Crippen LogP contribution in [-0.4, -0.2) is 22.7 Å². The molecule has 0 saturated carbocycles. The molecule has 0 saturated heterocycles. The molecule has 0 radical (unpaired) electrons. The molecule has 1 heterocycles. The summed E-state index contributed by atoms with van der Waals surface area (Å²) in [5, 5.41) is 4.19. The molecule has 4 nitrogen and oxygen atoms in total. The molecule has 1 aromatic heterocycles. The molecule has 21 heavy (non-hydrogen) atoms. The van der Waals surface area contributed by atoms with Crippen molar-refractivity contribution < 1.29 is 22.7 Å². The van der Waals surface area contributed by atoms with Gasteiger partial charge in [0, 0.05) is 23.9 Å². The summed E-state index contributed by atoms with van der Waals surface area (Å²) in [5.41, 5.74) is 0.530. The van der Waals surface area contributed by atoms with Gasteiger partial charge in [0.25, 0.3) is 0 Å². The van der Waals surface area contributed by atoms with E-state index in [4.69, 9.17) is 0 Å². The molecular formula is C14H13F3N2O2. The van der Waals surface area contributed by atoms with E-state index in [9.17, 15) is 18.0 Å². The van der Waals surface area contributed by atoms with Crippen LogP contribution in [0.15, 0.2) is 24.4 Å². The minimum Gasteiger partial charge on any atom is -0.434 e. The first-order valence-electron chi connectivity index (χ1n) is 6.21. The van der Waals surface area contributed by atoms with Crippen molar-refractivity contribution in [2.24, 2.45) is 0 Å². The number of carbonyl (C=O) groups excluding carboxylic acids is 1. The van der Waals surface area contributed by atoms with Gasteiger partial charge in [-0.15, -0.1) is 0 Å². The zero-order valence-corrected chi connectivity index (χ0v) is 11.4. The molecule has 0 aliphatic heterocycles.